The van der Waals surface area contributed by atoms with Crippen LogP contribution in [0.5, 0.6) is 0 Å². The van der Waals surface area contributed by atoms with Crippen molar-refractivity contribution in [1.29, 1.82) is 0 Å². The van der Waals surface area contributed by atoms with Crippen molar-refractivity contribution in [3.8, 4) is 0 Å². The van der Waals surface area contributed by atoms with Crippen LogP contribution in [0.1, 0.15) is 54.1 Å². The number of carbonyl (C=O) groups excluding carboxylic acids is 1. The molecule has 0 radical (unpaired) electrons. The van der Waals surface area contributed by atoms with Gasteiger partial charge < -0.3 is 9.84 Å². The van der Waals surface area contributed by atoms with Gasteiger partial charge in [-0.3, -0.25) is 4.79 Å². The van der Waals surface area contributed by atoms with Gasteiger partial charge in [-0.1, -0.05) is 17.3 Å². The number of carboxylic acids is 1. The Morgan fingerprint density at radius 2 is 1.71 bits per heavy atom. The molecule has 1 heterocycles. The molecule has 3 aromatic rings. The first-order valence-electron chi connectivity index (χ1n) is 10.1. The highest BCUT2D eigenvalue weighted by Crippen LogP contribution is 2.33. The summed E-state index contributed by atoms with van der Waals surface area (Å²) in [5.74, 6) is -1.53. The number of nitrogens with zero attached hydrogens (tertiary/aromatic N) is 3. The van der Waals surface area contributed by atoms with Crippen molar-refractivity contribution in [2.24, 2.45) is 0 Å². The molecule has 3 rings (SSSR count). The Labute approximate surface area is 197 Å². The number of esters is 1. The predicted molar refractivity (Wildman–Crippen MR) is 118 cm³/mol. The van der Waals surface area contributed by atoms with E-state index in [1.165, 1.54) is 16.8 Å². The van der Waals surface area contributed by atoms with Crippen molar-refractivity contribution < 1.29 is 32.6 Å². The number of carboxylic acid groups (broad SMARTS) is 1. The predicted octanol–water partition coefficient (Wildman–Crippen LogP) is 5.22. The molecule has 7 nitrogen and oxygen atoms in total. The Morgan fingerprint density at radius 3 is 2.26 bits per heavy atom. The maximum absolute atomic E-state index is 12.7. The molecule has 0 spiro atoms. The van der Waals surface area contributed by atoms with Gasteiger partial charge in [0.1, 0.15) is 16.5 Å². The normalized spacial score (nSPS) is 12.9. The van der Waals surface area contributed by atoms with Crippen LogP contribution in [-0.4, -0.2) is 36.8 Å². The minimum atomic E-state index is -4.40. The summed E-state index contributed by atoms with van der Waals surface area (Å²) in [7, 11) is 0. The summed E-state index contributed by atoms with van der Waals surface area (Å²) in [5, 5.41) is 17.2. The van der Waals surface area contributed by atoms with Gasteiger partial charge in [-0.15, -0.1) is 16.9 Å². The third kappa shape index (κ3) is 6.37. The molecule has 34 heavy (non-hydrogen) atoms. The van der Waals surface area contributed by atoms with Crippen molar-refractivity contribution in [2.75, 3.05) is 0 Å². The molecular formula is C23H22F3N3O4S. The van der Waals surface area contributed by atoms with Gasteiger partial charge in [0.25, 0.3) is 0 Å². The Bertz CT molecular complexity index is 1160. The van der Waals surface area contributed by atoms with Crippen LogP contribution in [0.15, 0.2) is 59.6 Å². The van der Waals surface area contributed by atoms with E-state index in [2.05, 4.69) is 10.3 Å². The van der Waals surface area contributed by atoms with E-state index >= 15 is 0 Å². The van der Waals surface area contributed by atoms with Gasteiger partial charge in [0, 0.05) is 4.90 Å². The molecule has 0 saturated heterocycles. The second-order valence-electron chi connectivity index (χ2n) is 8.03. The fourth-order valence-electron chi connectivity index (χ4n) is 2.85. The minimum Gasteiger partial charge on any atom is -0.480 e. The van der Waals surface area contributed by atoms with Crippen LogP contribution in [-0.2, 0) is 22.3 Å². The Morgan fingerprint density at radius 1 is 1.09 bits per heavy atom. The lowest BCUT2D eigenvalue weighted by Gasteiger charge is -2.18. The van der Waals surface area contributed by atoms with Gasteiger partial charge in [0.15, 0.2) is 0 Å². The van der Waals surface area contributed by atoms with Crippen molar-refractivity contribution in [1.82, 2.24) is 15.0 Å². The summed E-state index contributed by atoms with van der Waals surface area (Å²) in [4.78, 5) is 24.4. The Hall–Kier alpha value is -3.34. The molecule has 0 saturated carbocycles. The number of aliphatic carboxylic acids is 1. The number of benzene rings is 2. The van der Waals surface area contributed by atoms with Gasteiger partial charge in [0.05, 0.1) is 23.9 Å². The van der Waals surface area contributed by atoms with Gasteiger partial charge >= 0.3 is 18.1 Å². The fourth-order valence-corrected chi connectivity index (χ4v) is 3.80. The van der Waals surface area contributed by atoms with Crippen molar-refractivity contribution in [3.05, 3.63) is 77.1 Å². The third-order valence-electron chi connectivity index (χ3n) is 4.86. The zero-order valence-corrected chi connectivity index (χ0v) is 19.4. The van der Waals surface area contributed by atoms with Crippen LogP contribution in [0.3, 0.4) is 0 Å². The molecule has 1 aromatic heterocycles. The third-order valence-corrected chi connectivity index (χ3v) is 6.05. The molecule has 0 aliphatic rings. The molecule has 0 amide bonds. The number of rotatable bonds is 8. The van der Waals surface area contributed by atoms with Crippen LogP contribution in [0, 0.1) is 0 Å². The molecule has 0 fully saturated rings. The summed E-state index contributed by atoms with van der Waals surface area (Å²) in [6.45, 7) is 5.02. The van der Waals surface area contributed by atoms with E-state index < -0.39 is 34.5 Å². The molecule has 0 aliphatic carbocycles. The fraction of sp³-hybridized carbons (Fsp3) is 0.304. The number of aromatic nitrogens is 3. The first-order valence-corrected chi connectivity index (χ1v) is 11.0. The summed E-state index contributed by atoms with van der Waals surface area (Å²) in [6, 6.07) is 11.1. The molecule has 1 atom stereocenters. The van der Waals surface area contributed by atoms with Crippen LogP contribution in [0.2, 0.25) is 0 Å². The lowest BCUT2D eigenvalue weighted by molar-refractivity contribution is -0.139. The van der Waals surface area contributed by atoms with E-state index in [9.17, 15) is 27.9 Å². The van der Waals surface area contributed by atoms with Crippen molar-refractivity contribution in [2.45, 2.75) is 49.2 Å². The van der Waals surface area contributed by atoms with Crippen LogP contribution >= 0.6 is 11.8 Å². The van der Waals surface area contributed by atoms with E-state index in [4.69, 9.17) is 4.74 Å². The molecule has 180 valence electrons. The second-order valence-corrected chi connectivity index (χ2v) is 9.72. The zero-order valence-electron chi connectivity index (χ0n) is 18.5. The van der Waals surface area contributed by atoms with E-state index in [1.54, 1.807) is 51.2 Å². The standard InChI is InChI=1S/C23H22F3N3O4S/c1-14(33-20(30)16-6-10-18(11-7-16)34-22(2,3)21(31)32)19-13-29(28-27-19)12-15-4-8-17(9-5-15)23(24,25)26/h4-11,13-14H,12H2,1-3H3,(H,31,32). The average molecular weight is 494 g/mol. The minimum absolute atomic E-state index is 0.206. The maximum Gasteiger partial charge on any atom is 0.416 e. The van der Waals surface area contributed by atoms with Crippen molar-refractivity contribution in [3.63, 3.8) is 0 Å². The highest BCUT2D eigenvalue weighted by atomic mass is 32.2. The summed E-state index contributed by atoms with van der Waals surface area (Å²) < 4.78 is 43.9. The number of carbonyl (C=O) groups is 2. The molecule has 1 unspecified atom stereocenters. The van der Waals surface area contributed by atoms with Crippen LogP contribution in [0.4, 0.5) is 13.2 Å². The monoisotopic (exact) mass is 493 g/mol. The lowest BCUT2D eigenvalue weighted by Crippen LogP contribution is -2.26. The molecule has 0 bridgehead atoms. The highest BCUT2D eigenvalue weighted by Gasteiger charge is 2.30. The van der Waals surface area contributed by atoms with E-state index in [1.807, 2.05) is 0 Å². The number of hydrogen-bond acceptors (Lipinski definition) is 6. The number of halogens is 3. The van der Waals surface area contributed by atoms with E-state index in [-0.39, 0.29) is 6.54 Å². The highest BCUT2D eigenvalue weighted by molar-refractivity contribution is 8.01. The largest absolute Gasteiger partial charge is 0.480 e. The molecular weight excluding hydrogens is 471 g/mol. The van der Waals surface area contributed by atoms with Gasteiger partial charge in [-0.05, 0) is 62.7 Å². The average Bonchev–Trinajstić information content (AvgIpc) is 3.22. The quantitative estimate of drug-likeness (QED) is 0.340. The number of hydrogen-bond donors (Lipinski definition) is 1. The second kappa shape index (κ2) is 9.88. The first kappa shape index (κ1) is 25.3. The molecule has 11 heteroatoms. The smallest absolute Gasteiger partial charge is 0.416 e. The SMILES string of the molecule is CC(OC(=O)c1ccc(SC(C)(C)C(=O)O)cc1)c1cn(Cc2ccc(C(F)(F)F)cc2)nn1. The summed E-state index contributed by atoms with van der Waals surface area (Å²) >= 11 is 1.16. The number of alkyl halides is 3. The first-order chi connectivity index (χ1) is 15.8. The van der Waals surface area contributed by atoms with E-state index in [0.717, 1.165) is 23.9 Å². The molecule has 1 N–H and O–H groups in total. The van der Waals surface area contributed by atoms with Crippen molar-refractivity contribution >= 4 is 23.7 Å². The number of thioether (sulfide) groups is 1. The zero-order chi connectivity index (χ0) is 25.1. The topological polar surface area (TPSA) is 94.3 Å². The van der Waals surface area contributed by atoms with Crippen LogP contribution in [0.25, 0.3) is 0 Å². The van der Waals surface area contributed by atoms with Gasteiger partial charge in [-0.2, -0.15) is 13.2 Å². The maximum atomic E-state index is 12.7. The van der Waals surface area contributed by atoms with Crippen LogP contribution < -0.4 is 0 Å². The summed E-state index contributed by atoms with van der Waals surface area (Å²) in [5.41, 5.74) is 0.559. The van der Waals surface area contributed by atoms with E-state index in [0.29, 0.717) is 21.7 Å². The van der Waals surface area contributed by atoms with Gasteiger partial charge in [-0.25, -0.2) is 9.48 Å². The molecule has 0 aliphatic heterocycles. The summed E-state index contributed by atoms with van der Waals surface area (Å²) in [6.07, 6.45) is -3.55. The Kier molecular flexibility index (Phi) is 7.35. The van der Waals surface area contributed by atoms with Gasteiger partial charge in [0.2, 0.25) is 0 Å². The number of ether oxygens (including phenoxy) is 1. The lowest BCUT2D eigenvalue weighted by atomic mass is 10.1. The Balaban J connectivity index is 1.59. The molecule has 2 aromatic carbocycles.